The van der Waals surface area contributed by atoms with Crippen LogP contribution >= 0.6 is 0 Å². The van der Waals surface area contributed by atoms with Crippen LogP contribution in [0.1, 0.15) is 12.7 Å². The van der Waals surface area contributed by atoms with Gasteiger partial charge in [-0.1, -0.05) is 30.3 Å². The molecule has 0 amide bonds. The normalized spacial score (nSPS) is 11.8. The number of aromatic nitrogens is 2. The third-order valence-electron chi connectivity index (χ3n) is 3.01. The van der Waals surface area contributed by atoms with Crippen molar-refractivity contribution in [3.63, 3.8) is 0 Å². The predicted molar refractivity (Wildman–Crippen MR) is 83.0 cm³/mol. The van der Waals surface area contributed by atoms with Gasteiger partial charge in [0.15, 0.2) is 0 Å². The molecule has 100 valence electrons. The number of hydrogen-bond donors (Lipinski definition) is 2. The van der Waals surface area contributed by atoms with E-state index in [-0.39, 0.29) is 0 Å². The van der Waals surface area contributed by atoms with E-state index < -0.39 is 0 Å². The maximum absolute atomic E-state index is 4.54. The lowest BCUT2D eigenvalue weighted by Gasteiger charge is -2.01. The summed E-state index contributed by atoms with van der Waals surface area (Å²) in [5, 5.41) is 4.37. The molecule has 3 aromatic rings. The van der Waals surface area contributed by atoms with Gasteiger partial charge in [-0.25, -0.2) is 4.98 Å². The fraction of sp³-hybridized carbons (Fsp3) is 0.125. The predicted octanol–water partition coefficient (Wildman–Crippen LogP) is 3.59. The Hall–Kier alpha value is -2.62. The molecule has 3 rings (SSSR count). The van der Waals surface area contributed by atoms with Crippen molar-refractivity contribution in [1.29, 1.82) is 0 Å². The minimum Gasteiger partial charge on any atom is -0.342 e. The molecule has 0 spiro atoms. The number of imidazole rings is 1. The number of nitrogens with one attached hydrogen (secondary N) is 2. The number of aromatic amines is 1. The van der Waals surface area contributed by atoms with Gasteiger partial charge in [-0.2, -0.15) is 5.10 Å². The van der Waals surface area contributed by atoms with Crippen LogP contribution in [0.5, 0.6) is 0 Å². The van der Waals surface area contributed by atoms with Crippen molar-refractivity contribution < 1.29 is 0 Å². The van der Waals surface area contributed by atoms with Crippen molar-refractivity contribution >= 4 is 22.4 Å². The highest BCUT2D eigenvalue weighted by molar-refractivity contribution is 5.85. The maximum Gasteiger partial charge on any atom is 0.112 e. The van der Waals surface area contributed by atoms with Gasteiger partial charge in [-0.15, -0.1) is 0 Å². The molecule has 4 nitrogen and oxygen atoms in total. The van der Waals surface area contributed by atoms with Crippen LogP contribution in [0.4, 0.5) is 5.69 Å². The molecule has 0 radical (unpaired) electrons. The van der Waals surface area contributed by atoms with Gasteiger partial charge in [0.1, 0.15) is 5.82 Å². The minimum absolute atomic E-state index is 0.703. The third kappa shape index (κ3) is 2.85. The first-order valence-electron chi connectivity index (χ1n) is 6.59. The Kier molecular flexibility index (Phi) is 3.46. The van der Waals surface area contributed by atoms with Crippen LogP contribution in [0.25, 0.3) is 11.0 Å². The van der Waals surface area contributed by atoms with Crippen LogP contribution in [0.2, 0.25) is 0 Å². The van der Waals surface area contributed by atoms with E-state index in [0.717, 1.165) is 28.3 Å². The van der Waals surface area contributed by atoms with Gasteiger partial charge in [0, 0.05) is 12.1 Å². The van der Waals surface area contributed by atoms with Gasteiger partial charge >= 0.3 is 0 Å². The first-order chi connectivity index (χ1) is 9.81. The summed E-state index contributed by atoms with van der Waals surface area (Å²) in [6.07, 6.45) is 0.703. The number of hydrogen-bond acceptors (Lipinski definition) is 3. The highest BCUT2D eigenvalue weighted by Crippen LogP contribution is 2.11. The number of rotatable bonds is 4. The van der Waals surface area contributed by atoms with Crippen LogP contribution in [-0.4, -0.2) is 15.7 Å². The van der Waals surface area contributed by atoms with E-state index >= 15 is 0 Å². The Morgan fingerprint density at radius 2 is 1.85 bits per heavy atom. The molecule has 0 saturated heterocycles. The number of benzene rings is 2. The molecule has 0 saturated carbocycles. The average Bonchev–Trinajstić information content (AvgIpc) is 2.88. The minimum atomic E-state index is 0.703. The van der Waals surface area contributed by atoms with Crippen LogP contribution < -0.4 is 5.43 Å². The number of hydrazone groups is 1. The van der Waals surface area contributed by atoms with Gasteiger partial charge < -0.3 is 4.98 Å². The molecule has 2 N–H and O–H groups in total. The zero-order valence-electron chi connectivity index (χ0n) is 11.3. The molecule has 4 heteroatoms. The Balaban J connectivity index is 1.70. The van der Waals surface area contributed by atoms with E-state index in [2.05, 4.69) is 20.5 Å². The summed E-state index contributed by atoms with van der Waals surface area (Å²) in [7, 11) is 0. The number of anilines is 1. The molecule has 0 aliphatic heterocycles. The summed E-state index contributed by atoms with van der Waals surface area (Å²) in [4.78, 5) is 7.85. The fourth-order valence-electron chi connectivity index (χ4n) is 2.04. The van der Waals surface area contributed by atoms with Crippen molar-refractivity contribution in [3.8, 4) is 0 Å². The van der Waals surface area contributed by atoms with Crippen LogP contribution in [0.15, 0.2) is 59.7 Å². The zero-order chi connectivity index (χ0) is 13.8. The Morgan fingerprint density at radius 1 is 1.10 bits per heavy atom. The molecule has 1 aromatic heterocycles. The summed E-state index contributed by atoms with van der Waals surface area (Å²) in [6.45, 7) is 1.99. The summed E-state index contributed by atoms with van der Waals surface area (Å²) in [6, 6.07) is 17.9. The Labute approximate surface area is 117 Å². The lowest BCUT2D eigenvalue weighted by atomic mass is 10.3. The van der Waals surface area contributed by atoms with E-state index in [9.17, 15) is 0 Å². The lowest BCUT2D eigenvalue weighted by Crippen LogP contribution is -2.03. The molecule has 0 atom stereocenters. The van der Waals surface area contributed by atoms with Crippen LogP contribution in [-0.2, 0) is 6.42 Å². The topological polar surface area (TPSA) is 53.1 Å². The standard InChI is InChI=1S/C16H16N4/c1-12(19-20-13-7-3-2-4-8-13)11-16-17-14-9-5-6-10-15(14)18-16/h2-10,20H,11H2,1H3,(H,17,18)/b19-12-. The highest BCUT2D eigenvalue weighted by Gasteiger charge is 2.03. The van der Waals surface area contributed by atoms with Crippen LogP contribution in [0, 0.1) is 0 Å². The average molecular weight is 264 g/mol. The van der Waals surface area contributed by atoms with Gasteiger partial charge in [0.25, 0.3) is 0 Å². The van der Waals surface area contributed by atoms with Crippen molar-refractivity contribution in [2.75, 3.05) is 5.43 Å². The number of nitrogens with zero attached hydrogens (tertiary/aromatic N) is 2. The van der Waals surface area contributed by atoms with E-state index in [1.807, 2.05) is 61.5 Å². The fourth-order valence-corrected chi connectivity index (χ4v) is 2.04. The zero-order valence-corrected chi connectivity index (χ0v) is 11.3. The molecule has 0 bridgehead atoms. The van der Waals surface area contributed by atoms with Crippen molar-refractivity contribution in [3.05, 3.63) is 60.4 Å². The highest BCUT2D eigenvalue weighted by atomic mass is 15.3. The smallest absolute Gasteiger partial charge is 0.112 e. The van der Waals surface area contributed by atoms with Crippen LogP contribution in [0.3, 0.4) is 0 Å². The molecule has 0 unspecified atom stereocenters. The van der Waals surface area contributed by atoms with Crippen molar-refractivity contribution in [2.45, 2.75) is 13.3 Å². The molecule has 0 aliphatic rings. The van der Waals surface area contributed by atoms with Crippen molar-refractivity contribution in [2.24, 2.45) is 5.10 Å². The molecule has 0 aliphatic carbocycles. The summed E-state index contributed by atoms with van der Waals surface area (Å²) < 4.78 is 0. The Bertz CT molecular complexity index is 695. The Morgan fingerprint density at radius 3 is 2.65 bits per heavy atom. The maximum atomic E-state index is 4.54. The van der Waals surface area contributed by atoms with Crippen molar-refractivity contribution in [1.82, 2.24) is 9.97 Å². The van der Waals surface area contributed by atoms with E-state index in [1.54, 1.807) is 0 Å². The first-order valence-corrected chi connectivity index (χ1v) is 6.59. The molecule has 20 heavy (non-hydrogen) atoms. The number of para-hydroxylation sites is 3. The van der Waals surface area contributed by atoms with Gasteiger partial charge in [0.05, 0.1) is 16.7 Å². The second-order valence-corrected chi connectivity index (χ2v) is 4.70. The molecular weight excluding hydrogens is 248 g/mol. The summed E-state index contributed by atoms with van der Waals surface area (Å²) >= 11 is 0. The largest absolute Gasteiger partial charge is 0.342 e. The monoisotopic (exact) mass is 264 g/mol. The van der Waals surface area contributed by atoms with Gasteiger partial charge in [-0.05, 0) is 31.2 Å². The number of fused-ring (bicyclic) bond motifs is 1. The molecular formula is C16H16N4. The van der Waals surface area contributed by atoms with Gasteiger partial charge in [-0.3, -0.25) is 5.43 Å². The van der Waals surface area contributed by atoms with Gasteiger partial charge in [0.2, 0.25) is 0 Å². The van der Waals surface area contributed by atoms with E-state index in [0.29, 0.717) is 6.42 Å². The first kappa shape index (κ1) is 12.4. The van der Waals surface area contributed by atoms with E-state index in [4.69, 9.17) is 0 Å². The molecule has 0 fully saturated rings. The second kappa shape index (κ2) is 5.57. The third-order valence-corrected chi connectivity index (χ3v) is 3.01. The SMILES string of the molecule is C/C(Cc1nc2ccccc2[nH]1)=N/Nc1ccccc1. The number of H-pyrrole nitrogens is 1. The molecule has 2 aromatic carbocycles. The quantitative estimate of drug-likeness (QED) is 0.559. The summed E-state index contributed by atoms with van der Waals surface area (Å²) in [5.74, 6) is 0.933. The second-order valence-electron chi connectivity index (χ2n) is 4.70. The molecule has 1 heterocycles. The lowest BCUT2D eigenvalue weighted by molar-refractivity contribution is 1.09. The van der Waals surface area contributed by atoms with E-state index in [1.165, 1.54) is 0 Å². The summed E-state index contributed by atoms with van der Waals surface area (Å²) in [5.41, 5.74) is 7.06.